The zero-order chi connectivity index (χ0) is 28.1. The summed E-state index contributed by atoms with van der Waals surface area (Å²) in [6, 6.07) is 25.3. The third kappa shape index (κ3) is 4.12. The molecule has 0 aliphatic rings. The van der Waals surface area contributed by atoms with Crippen molar-refractivity contribution in [2.75, 3.05) is 0 Å². The fraction of sp³-hybridized carbons (Fsp3) is 0.257. The molecule has 0 saturated heterocycles. The van der Waals surface area contributed by atoms with Crippen molar-refractivity contribution >= 4 is 22.1 Å². The smallest absolute Gasteiger partial charge is 0.295 e. The van der Waals surface area contributed by atoms with Crippen LogP contribution in [0.5, 0.6) is 0 Å². The van der Waals surface area contributed by atoms with Crippen LogP contribution >= 0.6 is 0 Å². The number of aryl methyl sites for hydroxylation is 2. The Morgan fingerprint density at radius 1 is 0.875 bits per heavy atom. The van der Waals surface area contributed by atoms with E-state index < -0.39 is 6.67 Å². The molecule has 0 amide bonds. The molecule has 0 fully saturated rings. The number of nitrogens with zero attached hydrogens (tertiary/aromatic N) is 3. The van der Waals surface area contributed by atoms with E-state index in [2.05, 4.69) is 110 Å². The van der Waals surface area contributed by atoms with Gasteiger partial charge in [-0.25, -0.2) is 13.9 Å². The molecule has 4 nitrogen and oxygen atoms in total. The molecular formula is C35H35FN3O+. The number of oxazole rings is 1. The van der Waals surface area contributed by atoms with Gasteiger partial charge in [0.2, 0.25) is 0 Å². The molecule has 0 bridgehead atoms. The van der Waals surface area contributed by atoms with Gasteiger partial charge in [-0.1, -0.05) is 64.1 Å². The van der Waals surface area contributed by atoms with Gasteiger partial charge in [0.05, 0.1) is 12.6 Å². The van der Waals surface area contributed by atoms with Crippen molar-refractivity contribution in [3.63, 3.8) is 0 Å². The van der Waals surface area contributed by atoms with Crippen LogP contribution in [0.25, 0.3) is 50.3 Å². The van der Waals surface area contributed by atoms with Crippen molar-refractivity contribution in [2.24, 2.45) is 7.05 Å². The number of hydrogen-bond acceptors (Lipinski definition) is 2. The number of hydrogen-bond donors (Lipinski definition) is 0. The Morgan fingerprint density at radius 3 is 2.23 bits per heavy atom. The maximum absolute atomic E-state index is 13.9. The Morgan fingerprint density at radius 2 is 1.57 bits per heavy atom. The van der Waals surface area contributed by atoms with Crippen LogP contribution in [0.4, 0.5) is 4.39 Å². The Bertz CT molecular complexity index is 1830. The van der Waals surface area contributed by atoms with Gasteiger partial charge in [-0.2, -0.15) is 4.57 Å². The number of halogens is 1. The molecule has 0 spiro atoms. The molecule has 40 heavy (non-hydrogen) atoms. The van der Waals surface area contributed by atoms with Crippen LogP contribution in [0.3, 0.4) is 0 Å². The monoisotopic (exact) mass is 532 g/mol. The van der Waals surface area contributed by atoms with E-state index in [1.165, 1.54) is 34.3 Å². The van der Waals surface area contributed by atoms with E-state index in [9.17, 15) is 4.39 Å². The molecule has 0 aliphatic heterocycles. The second-order valence-corrected chi connectivity index (χ2v) is 11.3. The van der Waals surface area contributed by atoms with E-state index in [1.807, 2.05) is 18.2 Å². The first-order valence-electron chi connectivity index (χ1n) is 14.0. The zero-order valence-electron chi connectivity index (χ0n) is 24.0. The van der Waals surface area contributed by atoms with Crippen molar-refractivity contribution in [3.8, 4) is 28.2 Å². The van der Waals surface area contributed by atoms with E-state index in [-0.39, 0.29) is 11.8 Å². The Hall–Kier alpha value is -4.25. The standard InChI is InChI=1S/C35H35FN3O/c1-21(2)28-17-26(25-10-8-7-9-11-25)18-29(22(3)4)34(28)39-30-14-12-24(19-36)16-31(30)38(6)35(39)27-13-15-32-33(23(27)5)37-20-40-32/h7-18,20-22H,19H2,1-6H3/q+1. The maximum Gasteiger partial charge on any atom is 0.295 e. The lowest BCUT2D eigenvalue weighted by Gasteiger charge is -2.21. The predicted molar refractivity (Wildman–Crippen MR) is 161 cm³/mol. The first-order valence-corrected chi connectivity index (χ1v) is 14.0. The summed E-state index contributed by atoms with van der Waals surface area (Å²) in [4.78, 5) is 4.52. The minimum atomic E-state index is -0.499. The molecular weight excluding hydrogens is 497 g/mol. The van der Waals surface area contributed by atoms with Gasteiger partial charge in [0.1, 0.15) is 17.9 Å². The maximum atomic E-state index is 13.9. The fourth-order valence-electron chi connectivity index (χ4n) is 5.94. The first kappa shape index (κ1) is 26.0. The van der Waals surface area contributed by atoms with Crippen LogP contribution in [-0.4, -0.2) is 9.55 Å². The summed E-state index contributed by atoms with van der Waals surface area (Å²) in [5.74, 6) is 1.58. The molecule has 2 heterocycles. The van der Waals surface area contributed by atoms with Crippen LogP contribution in [-0.2, 0) is 13.7 Å². The quantitative estimate of drug-likeness (QED) is 0.201. The molecule has 5 heteroatoms. The number of rotatable bonds is 6. The third-order valence-corrected chi connectivity index (χ3v) is 8.07. The molecule has 0 aliphatic carbocycles. The molecule has 202 valence electrons. The van der Waals surface area contributed by atoms with Crippen molar-refractivity contribution < 1.29 is 13.4 Å². The number of aromatic nitrogens is 3. The summed E-state index contributed by atoms with van der Waals surface area (Å²) in [7, 11) is 2.07. The highest BCUT2D eigenvalue weighted by atomic mass is 19.1. The summed E-state index contributed by atoms with van der Waals surface area (Å²) in [5, 5.41) is 0. The number of alkyl halides is 1. The van der Waals surface area contributed by atoms with Crippen LogP contribution in [0.15, 0.2) is 83.6 Å². The Balaban J connectivity index is 1.77. The first-order chi connectivity index (χ1) is 19.3. The SMILES string of the molecule is Cc1c(-c2n(C)c3cc(CF)ccc3[n+]2-c2c(C(C)C)cc(-c3ccccc3)cc2C(C)C)ccc2ocnc12. The zero-order valence-corrected chi connectivity index (χ0v) is 24.0. The minimum Gasteiger partial charge on any atom is -0.443 e. The van der Waals surface area contributed by atoms with Crippen molar-refractivity contribution in [2.45, 2.75) is 53.1 Å². The lowest BCUT2D eigenvalue weighted by atomic mass is 9.88. The number of imidazole rings is 1. The molecule has 2 aromatic heterocycles. The summed E-state index contributed by atoms with van der Waals surface area (Å²) < 4.78 is 24.1. The highest BCUT2D eigenvalue weighted by molar-refractivity contribution is 5.86. The second-order valence-electron chi connectivity index (χ2n) is 11.3. The van der Waals surface area contributed by atoms with Crippen molar-refractivity contribution in [1.29, 1.82) is 0 Å². The summed E-state index contributed by atoms with van der Waals surface area (Å²) >= 11 is 0. The average molecular weight is 533 g/mol. The topological polar surface area (TPSA) is 34.8 Å². The lowest BCUT2D eigenvalue weighted by molar-refractivity contribution is -0.557. The molecule has 0 N–H and O–H groups in total. The molecule has 0 radical (unpaired) electrons. The van der Waals surface area contributed by atoms with E-state index in [0.29, 0.717) is 5.56 Å². The van der Waals surface area contributed by atoms with Crippen LogP contribution in [0.1, 0.15) is 61.8 Å². The Kier molecular flexibility index (Phi) is 6.53. The average Bonchev–Trinajstić information content (AvgIpc) is 3.56. The fourth-order valence-corrected chi connectivity index (χ4v) is 5.94. The molecule has 0 unspecified atom stereocenters. The lowest BCUT2D eigenvalue weighted by Crippen LogP contribution is -2.36. The van der Waals surface area contributed by atoms with Gasteiger partial charge in [0.15, 0.2) is 23.0 Å². The van der Waals surface area contributed by atoms with E-state index in [1.54, 1.807) is 0 Å². The molecule has 6 aromatic rings. The van der Waals surface area contributed by atoms with Gasteiger partial charge >= 0.3 is 0 Å². The summed E-state index contributed by atoms with van der Waals surface area (Å²) in [6.45, 7) is 10.6. The van der Waals surface area contributed by atoms with Gasteiger partial charge in [-0.05, 0) is 77.4 Å². The predicted octanol–water partition coefficient (Wildman–Crippen LogP) is 8.95. The number of benzene rings is 4. The molecule has 0 saturated carbocycles. The Labute approximate surface area is 234 Å². The summed E-state index contributed by atoms with van der Waals surface area (Å²) in [5.41, 5.74) is 12.6. The normalized spacial score (nSPS) is 11.9. The van der Waals surface area contributed by atoms with E-state index >= 15 is 0 Å². The van der Waals surface area contributed by atoms with Crippen molar-refractivity contribution in [1.82, 2.24) is 9.55 Å². The van der Waals surface area contributed by atoms with Crippen molar-refractivity contribution in [3.05, 3.63) is 101 Å². The highest BCUT2D eigenvalue weighted by Gasteiger charge is 2.32. The van der Waals surface area contributed by atoms with E-state index in [4.69, 9.17) is 4.42 Å². The summed E-state index contributed by atoms with van der Waals surface area (Å²) in [6.07, 6.45) is 1.50. The minimum absolute atomic E-state index is 0.274. The highest BCUT2D eigenvalue weighted by Crippen LogP contribution is 2.37. The van der Waals surface area contributed by atoms with Gasteiger partial charge in [-0.3, -0.25) is 0 Å². The third-order valence-electron chi connectivity index (χ3n) is 8.07. The molecule has 6 rings (SSSR count). The van der Waals surface area contributed by atoms with Crippen LogP contribution in [0, 0.1) is 6.92 Å². The van der Waals surface area contributed by atoms with Gasteiger partial charge in [0.25, 0.3) is 5.82 Å². The second kappa shape index (κ2) is 10.1. The van der Waals surface area contributed by atoms with Gasteiger partial charge in [-0.15, -0.1) is 0 Å². The molecule has 4 aromatic carbocycles. The van der Waals surface area contributed by atoms with E-state index in [0.717, 1.165) is 39.1 Å². The van der Waals surface area contributed by atoms with Crippen LogP contribution in [0.2, 0.25) is 0 Å². The van der Waals surface area contributed by atoms with Gasteiger partial charge in [0, 0.05) is 11.1 Å². The van der Waals surface area contributed by atoms with Gasteiger partial charge < -0.3 is 4.42 Å². The number of fused-ring (bicyclic) bond motifs is 2. The largest absolute Gasteiger partial charge is 0.443 e. The molecule has 0 atom stereocenters. The van der Waals surface area contributed by atoms with Crippen LogP contribution < -0.4 is 4.57 Å².